The van der Waals surface area contributed by atoms with Crippen molar-refractivity contribution in [2.24, 2.45) is 0 Å². The molecule has 0 aliphatic rings. The third-order valence-electron chi connectivity index (χ3n) is 1.80. The van der Waals surface area contributed by atoms with E-state index in [0.29, 0.717) is 0 Å². The van der Waals surface area contributed by atoms with Crippen LogP contribution in [0.2, 0.25) is 0 Å². The van der Waals surface area contributed by atoms with E-state index in [0.717, 1.165) is 0 Å². The molecule has 0 bridgehead atoms. The number of rotatable bonds is 3. The number of alkyl carbamates (subject to hydrolysis) is 1. The molecule has 0 heterocycles. The topological polar surface area (TPSA) is 64.6 Å². The number of methoxy groups -OCH3 is 1. The standard InChI is InChI=1S/C11H21NO4S/c1-10(2,3)16-9(14)12-7(8(13)15-6)11(4,5)17/h7,17H,1-6H3,(H,12,14). The second-order valence-electron chi connectivity index (χ2n) is 5.26. The molecule has 0 radical (unpaired) electrons. The number of carbonyl (C=O) groups excluding carboxylic acids is 2. The Balaban J connectivity index is 4.67. The first-order chi connectivity index (χ1) is 7.47. The molecule has 5 nitrogen and oxygen atoms in total. The highest BCUT2D eigenvalue weighted by molar-refractivity contribution is 7.81. The minimum atomic E-state index is -0.870. The molecular weight excluding hydrogens is 242 g/mol. The molecule has 0 aromatic heterocycles. The summed E-state index contributed by atoms with van der Waals surface area (Å²) < 4.78 is 8.93. The fourth-order valence-electron chi connectivity index (χ4n) is 1.07. The van der Waals surface area contributed by atoms with Crippen LogP contribution >= 0.6 is 12.6 Å². The van der Waals surface area contributed by atoms with E-state index in [4.69, 9.17) is 4.74 Å². The molecule has 6 heteroatoms. The molecule has 1 atom stereocenters. The highest BCUT2D eigenvalue weighted by Gasteiger charge is 2.35. The van der Waals surface area contributed by atoms with Gasteiger partial charge in [0.1, 0.15) is 11.6 Å². The average Bonchev–Trinajstić information content (AvgIpc) is 2.08. The van der Waals surface area contributed by atoms with Gasteiger partial charge in [-0.15, -0.1) is 0 Å². The summed E-state index contributed by atoms with van der Waals surface area (Å²) in [6, 6.07) is -0.870. The summed E-state index contributed by atoms with van der Waals surface area (Å²) >= 11 is 4.26. The second kappa shape index (κ2) is 5.62. The van der Waals surface area contributed by atoms with Crippen molar-refractivity contribution in [2.75, 3.05) is 7.11 Å². The van der Waals surface area contributed by atoms with Crippen LogP contribution in [0, 0.1) is 0 Å². The predicted octanol–water partition coefficient (Wildman–Crippen LogP) is 1.76. The molecule has 0 fully saturated rings. The lowest BCUT2D eigenvalue weighted by atomic mass is 10.0. The van der Waals surface area contributed by atoms with Crippen LogP contribution in [0.4, 0.5) is 4.79 Å². The maximum Gasteiger partial charge on any atom is 0.408 e. The number of thiol groups is 1. The molecule has 1 amide bonds. The fourth-order valence-corrected chi connectivity index (χ4v) is 1.24. The molecule has 0 aliphatic carbocycles. The Kier molecular flexibility index (Phi) is 5.32. The normalized spacial score (nSPS) is 13.8. The minimum absolute atomic E-state index is 0.559. The number of nitrogens with one attached hydrogen (secondary N) is 1. The van der Waals surface area contributed by atoms with Crippen molar-refractivity contribution in [3.8, 4) is 0 Å². The van der Waals surface area contributed by atoms with Crippen LogP contribution in [0.1, 0.15) is 34.6 Å². The third kappa shape index (κ3) is 6.41. The van der Waals surface area contributed by atoms with Crippen molar-refractivity contribution in [1.82, 2.24) is 5.32 Å². The van der Waals surface area contributed by atoms with Crippen LogP contribution < -0.4 is 5.32 Å². The van der Waals surface area contributed by atoms with Gasteiger partial charge in [0, 0.05) is 4.75 Å². The molecule has 0 aromatic rings. The van der Waals surface area contributed by atoms with E-state index in [-0.39, 0.29) is 0 Å². The smallest absolute Gasteiger partial charge is 0.408 e. The van der Waals surface area contributed by atoms with Crippen molar-refractivity contribution in [3.63, 3.8) is 0 Å². The van der Waals surface area contributed by atoms with Gasteiger partial charge in [0.25, 0.3) is 0 Å². The summed E-state index contributed by atoms with van der Waals surface area (Å²) in [5, 5.41) is 2.45. The Morgan fingerprint density at radius 2 is 1.65 bits per heavy atom. The van der Waals surface area contributed by atoms with Crippen molar-refractivity contribution in [3.05, 3.63) is 0 Å². The van der Waals surface area contributed by atoms with Crippen LogP contribution in [-0.4, -0.2) is 35.6 Å². The van der Waals surface area contributed by atoms with Gasteiger partial charge in [-0.1, -0.05) is 0 Å². The summed E-state index contributed by atoms with van der Waals surface area (Å²) in [5.74, 6) is -0.559. The molecule has 100 valence electrons. The molecule has 0 saturated carbocycles. The zero-order valence-corrected chi connectivity index (χ0v) is 12.1. The average molecular weight is 263 g/mol. The van der Waals surface area contributed by atoms with Crippen molar-refractivity contribution < 1.29 is 19.1 Å². The summed E-state index contributed by atoms with van der Waals surface area (Å²) in [6.07, 6.45) is -0.671. The van der Waals surface area contributed by atoms with Crippen LogP contribution in [0.25, 0.3) is 0 Å². The molecular formula is C11H21NO4S. The van der Waals surface area contributed by atoms with E-state index in [9.17, 15) is 9.59 Å². The Labute approximate surface area is 108 Å². The van der Waals surface area contributed by atoms with Gasteiger partial charge in [0.15, 0.2) is 0 Å². The number of hydrogen-bond donors (Lipinski definition) is 2. The van der Waals surface area contributed by atoms with Gasteiger partial charge in [-0.25, -0.2) is 9.59 Å². The largest absolute Gasteiger partial charge is 0.467 e. The van der Waals surface area contributed by atoms with Crippen LogP contribution in [0.15, 0.2) is 0 Å². The van der Waals surface area contributed by atoms with Gasteiger partial charge < -0.3 is 14.8 Å². The predicted molar refractivity (Wildman–Crippen MR) is 68.2 cm³/mol. The lowest BCUT2D eigenvalue weighted by Crippen LogP contribution is -2.53. The van der Waals surface area contributed by atoms with E-state index in [1.807, 2.05) is 0 Å². The Bertz CT molecular complexity index is 291. The quantitative estimate of drug-likeness (QED) is 0.601. The van der Waals surface area contributed by atoms with Crippen LogP contribution in [0.5, 0.6) is 0 Å². The number of amides is 1. The van der Waals surface area contributed by atoms with Crippen molar-refractivity contribution in [1.29, 1.82) is 0 Å². The van der Waals surface area contributed by atoms with Gasteiger partial charge in [-0.05, 0) is 34.6 Å². The van der Waals surface area contributed by atoms with Gasteiger partial charge in [-0.3, -0.25) is 0 Å². The van der Waals surface area contributed by atoms with E-state index in [1.54, 1.807) is 34.6 Å². The van der Waals surface area contributed by atoms with E-state index < -0.39 is 28.5 Å². The van der Waals surface area contributed by atoms with Gasteiger partial charge in [0.2, 0.25) is 0 Å². The van der Waals surface area contributed by atoms with Crippen molar-refractivity contribution >= 4 is 24.7 Å². The zero-order valence-electron chi connectivity index (χ0n) is 11.2. The zero-order chi connectivity index (χ0) is 13.9. The first kappa shape index (κ1) is 16.1. The van der Waals surface area contributed by atoms with E-state index in [2.05, 4.69) is 22.7 Å². The molecule has 17 heavy (non-hydrogen) atoms. The lowest BCUT2D eigenvalue weighted by Gasteiger charge is -2.29. The third-order valence-corrected chi connectivity index (χ3v) is 2.06. The molecule has 0 saturated heterocycles. The van der Waals surface area contributed by atoms with E-state index in [1.165, 1.54) is 7.11 Å². The molecule has 1 N–H and O–H groups in total. The van der Waals surface area contributed by atoms with Crippen molar-refractivity contribution in [2.45, 2.75) is 51.0 Å². The van der Waals surface area contributed by atoms with Gasteiger partial charge in [-0.2, -0.15) is 12.6 Å². The lowest BCUT2D eigenvalue weighted by molar-refractivity contribution is -0.143. The first-order valence-corrected chi connectivity index (χ1v) is 5.72. The Hall–Kier alpha value is -0.910. The van der Waals surface area contributed by atoms with Gasteiger partial charge in [0.05, 0.1) is 7.11 Å². The molecule has 0 spiro atoms. The Morgan fingerprint density at radius 1 is 1.18 bits per heavy atom. The summed E-state index contributed by atoms with van der Waals surface area (Å²) in [7, 11) is 1.26. The second-order valence-corrected chi connectivity index (χ2v) is 6.41. The monoisotopic (exact) mass is 263 g/mol. The minimum Gasteiger partial charge on any atom is -0.467 e. The Morgan fingerprint density at radius 3 is 1.94 bits per heavy atom. The first-order valence-electron chi connectivity index (χ1n) is 5.27. The van der Waals surface area contributed by atoms with Crippen LogP contribution in [0.3, 0.4) is 0 Å². The van der Waals surface area contributed by atoms with E-state index >= 15 is 0 Å². The number of hydrogen-bond acceptors (Lipinski definition) is 5. The molecule has 0 aromatic carbocycles. The summed E-state index contributed by atoms with van der Waals surface area (Å²) in [5.41, 5.74) is -0.620. The summed E-state index contributed by atoms with van der Waals surface area (Å²) in [4.78, 5) is 23.1. The fraction of sp³-hybridized carbons (Fsp3) is 0.818. The SMILES string of the molecule is COC(=O)C(NC(=O)OC(C)(C)C)C(C)(C)S. The molecule has 0 aliphatic heterocycles. The maximum absolute atomic E-state index is 11.6. The van der Waals surface area contributed by atoms with Crippen LogP contribution in [-0.2, 0) is 14.3 Å². The maximum atomic E-state index is 11.6. The summed E-state index contributed by atoms with van der Waals surface area (Å²) in [6.45, 7) is 8.63. The number of esters is 1. The molecule has 0 rings (SSSR count). The highest BCUT2D eigenvalue weighted by Crippen LogP contribution is 2.19. The highest BCUT2D eigenvalue weighted by atomic mass is 32.1. The number of carbonyl (C=O) groups is 2. The number of ether oxygens (including phenoxy) is 2. The molecule has 1 unspecified atom stereocenters. The van der Waals surface area contributed by atoms with Gasteiger partial charge >= 0.3 is 12.1 Å².